The van der Waals surface area contributed by atoms with Crippen LogP contribution in [-0.4, -0.2) is 16.7 Å². The van der Waals surface area contributed by atoms with E-state index in [9.17, 15) is 14.0 Å². The first-order chi connectivity index (χ1) is 13.0. The van der Waals surface area contributed by atoms with Crippen LogP contribution in [0, 0.1) is 23.1 Å². The molecule has 0 N–H and O–H groups in total. The van der Waals surface area contributed by atoms with Crippen molar-refractivity contribution < 1.29 is 18.5 Å². The second-order valence-corrected chi connectivity index (χ2v) is 8.18. The number of carbonyl (C=O) groups excluding carboxylic acids is 2. The maximum absolute atomic E-state index is 13.5. The van der Waals surface area contributed by atoms with Gasteiger partial charge in [0, 0.05) is 22.5 Å². The number of benzene rings is 1. The van der Waals surface area contributed by atoms with Crippen molar-refractivity contribution in [3.05, 3.63) is 53.2 Å². The van der Waals surface area contributed by atoms with Gasteiger partial charge in [-0.1, -0.05) is 25.4 Å². The van der Waals surface area contributed by atoms with Crippen molar-refractivity contribution >= 4 is 11.6 Å². The van der Waals surface area contributed by atoms with Crippen LogP contribution >= 0.6 is 0 Å². The van der Waals surface area contributed by atoms with Crippen molar-refractivity contribution in [3.63, 3.8) is 0 Å². The summed E-state index contributed by atoms with van der Waals surface area (Å²) in [5, 5.41) is 3.97. The van der Waals surface area contributed by atoms with E-state index in [-0.39, 0.29) is 29.2 Å². The third-order valence-corrected chi connectivity index (χ3v) is 6.57. The molecular formula is C22H24FNO3. The van der Waals surface area contributed by atoms with Crippen molar-refractivity contribution in [2.75, 3.05) is 0 Å². The number of fused-ring (bicyclic) bond motifs is 2. The Hall–Kier alpha value is -2.30. The van der Waals surface area contributed by atoms with E-state index in [1.807, 2.05) is 6.92 Å². The van der Waals surface area contributed by atoms with Gasteiger partial charge >= 0.3 is 0 Å². The molecule has 27 heavy (non-hydrogen) atoms. The monoisotopic (exact) mass is 369 g/mol. The van der Waals surface area contributed by atoms with E-state index in [0.717, 1.165) is 30.6 Å². The SMILES string of the molecule is CCC[C@H]1c2oncc2C[C@@]2(C)C(=O)C(C(=O)c3ccc(F)cc3)CC[C@H]12. The fraction of sp³-hybridized carbons (Fsp3) is 0.500. The maximum atomic E-state index is 13.5. The lowest BCUT2D eigenvalue weighted by Crippen LogP contribution is -2.51. The molecule has 4 nitrogen and oxygen atoms in total. The van der Waals surface area contributed by atoms with Gasteiger partial charge in [0.15, 0.2) is 5.78 Å². The van der Waals surface area contributed by atoms with E-state index in [1.54, 1.807) is 6.20 Å². The molecule has 1 fully saturated rings. The van der Waals surface area contributed by atoms with E-state index in [2.05, 4.69) is 12.1 Å². The quantitative estimate of drug-likeness (QED) is 0.577. The molecule has 2 aliphatic carbocycles. The maximum Gasteiger partial charge on any atom is 0.173 e. The molecule has 0 saturated heterocycles. The number of hydrogen-bond donors (Lipinski definition) is 0. The van der Waals surface area contributed by atoms with E-state index >= 15 is 0 Å². The highest BCUT2D eigenvalue weighted by Crippen LogP contribution is 2.55. The summed E-state index contributed by atoms with van der Waals surface area (Å²) >= 11 is 0. The van der Waals surface area contributed by atoms with E-state index in [0.29, 0.717) is 18.4 Å². The predicted molar refractivity (Wildman–Crippen MR) is 97.9 cm³/mol. The average molecular weight is 369 g/mol. The first kappa shape index (κ1) is 18.1. The molecule has 0 amide bonds. The van der Waals surface area contributed by atoms with Gasteiger partial charge in [0.2, 0.25) is 0 Å². The van der Waals surface area contributed by atoms with Crippen LogP contribution in [0.15, 0.2) is 35.0 Å². The molecule has 0 aliphatic heterocycles. The van der Waals surface area contributed by atoms with Crippen LogP contribution in [0.25, 0.3) is 0 Å². The van der Waals surface area contributed by atoms with Gasteiger partial charge in [-0.3, -0.25) is 9.59 Å². The molecule has 0 bridgehead atoms. The molecule has 0 spiro atoms. The van der Waals surface area contributed by atoms with Gasteiger partial charge in [0.05, 0.1) is 12.1 Å². The van der Waals surface area contributed by atoms with Crippen LogP contribution in [0.5, 0.6) is 0 Å². The smallest absolute Gasteiger partial charge is 0.173 e. The minimum atomic E-state index is -0.652. The number of halogens is 1. The highest BCUT2D eigenvalue weighted by Gasteiger charge is 2.55. The normalized spacial score (nSPS) is 29.9. The number of carbonyl (C=O) groups is 2. The number of Topliss-reactive ketones (excluding diaryl/α,β-unsaturated/α-hetero) is 2. The Kier molecular flexibility index (Phi) is 4.49. The lowest BCUT2D eigenvalue weighted by atomic mass is 9.53. The third kappa shape index (κ3) is 2.84. The van der Waals surface area contributed by atoms with E-state index in [4.69, 9.17) is 4.52 Å². The second kappa shape index (κ2) is 6.70. The summed E-state index contributed by atoms with van der Waals surface area (Å²) in [4.78, 5) is 26.5. The molecular weight excluding hydrogens is 345 g/mol. The van der Waals surface area contributed by atoms with Crippen LogP contribution in [-0.2, 0) is 11.2 Å². The molecule has 2 aliphatic rings. The Morgan fingerprint density at radius 1 is 1.30 bits per heavy atom. The van der Waals surface area contributed by atoms with Crippen LogP contribution in [0.1, 0.15) is 67.1 Å². The molecule has 2 aromatic rings. The van der Waals surface area contributed by atoms with Crippen molar-refractivity contribution in [2.45, 2.75) is 51.9 Å². The molecule has 4 atom stereocenters. The van der Waals surface area contributed by atoms with Crippen LogP contribution in [0.3, 0.4) is 0 Å². The summed E-state index contributed by atoms with van der Waals surface area (Å²) in [6, 6.07) is 5.48. The number of aromatic nitrogens is 1. The lowest BCUT2D eigenvalue weighted by molar-refractivity contribution is -0.139. The van der Waals surface area contributed by atoms with Crippen LogP contribution < -0.4 is 0 Å². The lowest BCUT2D eigenvalue weighted by Gasteiger charge is -2.48. The van der Waals surface area contributed by atoms with Gasteiger partial charge in [-0.05, 0) is 55.9 Å². The molecule has 5 heteroatoms. The number of hydrogen-bond acceptors (Lipinski definition) is 4. The Balaban J connectivity index is 1.67. The van der Waals surface area contributed by atoms with E-state index < -0.39 is 11.3 Å². The zero-order valence-electron chi connectivity index (χ0n) is 15.7. The highest BCUT2D eigenvalue weighted by molar-refractivity contribution is 6.12. The number of nitrogens with zero attached hydrogens (tertiary/aromatic N) is 1. The summed E-state index contributed by atoms with van der Waals surface area (Å²) in [7, 11) is 0. The molecule has 1 aromatic carbocycles. The third-order valence-electron chi connectivity index (χ3n) is 6.57. The summed E-state index contributed by atoms with van der Waals surface area (Å²) in [5.74, 6) is 0.0580. The minimum absolute atomic E-state index is 0.0148. The summed E-state index contributed by atoms with van der Waals surface area (Å²) in [6.45, 7) is 4.14. The Morgan fingerprint density at radius 3 is 2.74 bits per heavy atom. The van der Waals surface area contributed by atoms with Crippen molar-refractivity contribution in [1.29, 1.82) is 0 Å². The Morgan fingerprint density at radius 2 is 2.04 bits per heavy atom. The van der Waals surface area contributed by atoms with Gasteiger partial charge in [0.25, 0.3) is 0 Å². The van der Waals surface area contributed by atoms with Crippen LogP contribution in [0.4, 0.5) is 4.39 Å². The fourth-order valence-corrected chi connectivity index (χ4v) is 5.23. The largest absolute Gasteiger partial charge is 0.361 e. The van der Waals surface area contributed by atoms with Gasteiger partial charge < -0.3 is 4.52 Å². The topological polar surface area (TPSA) is 60.2 Å². The molecule has 1 aromatic heterocycles. The molecule has 142 valence electrons. The van der Waals surface area contributed by atoms with Crippen LogP contribution in [0.2, 0.25) is 0 Å². The predicted octanol–water partition coefficient (Wildman–Crippen LogP) is 4.74. The van der Waals surface area contributed by atoms with Crippen molar-refractivity contribution in [1.82, 2.24) is 5.16 Å². The molecule has 1 heterocycles. The first-order valence-corrected chi connectivity index (χ1v) is 9.73. The first-order valence-electron chi connectivity index (χ1n) is 9.73. The molecule has 1 unspecified atom stereocenters. The van der Waals surface area contributed by atoms with E-state index in [1.165, 1.54) is 24.3 Å². The van der Waals surface area contributed by atoms with Gasteiger partial charge in [-0.25, -0.2) is 4.39 Å². The zero-order valence-corrected chi connectivity index (χ0v) is 15.7. The second-order valence-electron chi connectivity index (χ2n) is 8.18. The van der Waals surface area contributed by atoms with Gasteiger partial charge in [0.1, 0.15) is 17.4 Å². The zero-order chi connectivity index (χ0) is 19.2. The Labute approximate surface area is 158 Å². The van der Waals surface area contributed by atoms with Crippen molar-refractivity contribution in [2.24, 2.45) is 17.3 Å². The highest BCUT2D eigenvalue weighted by atomic mass is 19.1. The molecule has 0 radical (unpaired) electrons. The van der Waals surface area contributed by atoms with Crippen molar-refractivity contribution in [3.8, 4) is 0 Å². The summed E-state index contributed by atoms with van der Waals surface area (Å²) in [6.07, 6.45) is 5.60. The average Bonchev–Trinajstić information content (AvgIpc) is 3.11. The molecule has 4 rings (SSSR count). The summed E-state index contributed by atoms with van der Waals surface area (Å²) in [5.41, 5.74) is 0.815. The number of ketones is 2. The summed E-state index contributed by atoms with van der Waals surface area (Å²) < 4.78 is 18.7. The molecule has 1 saturated carbocycles. The fourth-order valence-electron chi connectivity index (χ4n) is 5.23. The minimum Gasteiger partial charge on any atom is -0.361 e. The van der Waals surface area contributed by atoms with Gasteiger partial charge in [-0.15, -0.1) is 0 Å². The Bertz CT molecular complexity index is 872. The standard InChI is InChI=1S/C22H24FNO3/c1-3-4-16-18-10-9-17(19(25)13-5-7-15(23)8-6-13)21(26)22(18,2)11-14-12-24-27-20(14)16/h5-8,12,16-18H,3-4,9-11H2,1-2H3/t16-,17?,18-,22-/m1/s1. The van der Waals surface area contributed by atoms with Gasteiger partial charge in [-0.2, -0.15) is 0 Å². The number of rotatable bonds is 4.